The average Bonchev–Trinajstić information content (AvgIpc) is 2.41. The van der Waals surface area contributed by atoms with Crippen molar-refractivity contribution in [3.63, 3.8) is 0 Å². The third-order valence-corrected chi connectivity index (χ3v) is 2.69. The summed E-state index contributed by atoms with van der Waals surface area (Å²) in [5.74, 6) is 0.330. The molecule has 0 aliphatic rings. The first-order chi connectivity index (χ1) is 10.2. The number of aliphatic hydroxyl groups is 1. The zero-order chi connectivity index (χ0) is 16.8. The van der Waals surface area contributed by atoms with E-state index in [9.17, 15) is 18.7 Å². The molecule has 7 heteroatoms. The number of rotatable bonds is 7. The number of hydrogen-bond acceptors (Lipinski definition) is 3. The molecule has 0 aliphatic heterocycles. The number of likely N-dealkylation sites (N-methyl/N-ethyl adjacent to an activating group) is 1. The van der Waals surface area contributed by atoms with Crippen molar-refractivity contribution in [3.05, 3.63) is 29.8 Å². The number of benzene rings is 1. The van der Waals surface area contributed by atoms with E-state index >= 15 is 0 Å². The Morgan fingerprint density at radius 2 is 2.14 bits per heavy atom. The Kier molecular flexibility index (Phi) is 6.55. The SMILES string of the molecule is CN(CC(C)(C)O)C(=O)NCc1cccc(OCC(F)F)c1. The van der Waals surface area contributed by atoms with Crippen molar-refractivity contribution in [3.8, 4) is 5.75 Å². The van der Waals surface area contributed by atoms with Gasteiger partial charge in [-0.2, -0.15) is 0 Å². The normalized spacial score (nSPS) is 11.4. The highest BCUT2D eigenvalue weighted by molar-refractivity contribution is 5.73. The Hall–Kier alpha value is -1.89. The molecule has 2 N–H and O–H groups in total. The molecule has 5 nitrogen and oxygen atoms in total. The van der Waals surface area contributed by atoms with E-state index in [0.717, 1.165) is 5.56 Å². The zero-order valence-corrected chi connectivity index (χ0v) is 13.0. The average molecular weight is 316 g/mol. The number of carbonyl (C=O) groups is 1. The predicted octanol–water partition coefficient (Wildman–Crippen LogP) is 2.24. The lowest BCUT2D eigenvalue weighted by Crippen LogP contribution is -2.44. The number of alkyl halides is 2. The highest BCUT2D eigenvalue weighted by Crippen LogP contribution is 2.14. The van der Waals surface area contributed by atoms with Crippen LogP contribution >= 0.6 is 0 Å². The molecule has 0 aliphatic carbocycles. The van der Waals surface area contributed by atoms with Gasteiger partial charge in [-0.3, -0.25) is 0 Å². The minimum absolute atomic E-state index is 0.191. The summed E-state index contributed by atoms with van der Waals surface area (Å²) in [5, 5.41) is 12.3. The number of amides is 2. The molecule has 22 heavy (non-hydrogen) atoms. The minimum atomic E-state index is -2.53. The molecule has 0 saturated carbocycles. The second kappa shape index (κ2) is 7.93. The largest absolute Gasteiger partial charge is 0.488 e. The van der Waals surface area contributed by atoms with E-state index in [1.54, 1.807) is 45.2 Å². The van der Waals surface area contributed by atoms with Gasteiger partial charge in [0.05, 0.1) is 12.1 Å². The first-order valence-electron chi connectivity index (χ1n) is 6.88. The first-order valence-corrected chi connectivity index (χ1v) is 6.88. The third-order valence-electron chi connectivity index (χ3n) is 2.69. The zero-order valence-electron chi connectivity index (χ0n) is 13.0. The molecular weight excluding hydrogens is 294 g/mol. The lowest BCUT2D eigenvalue weighted by Gasteiger charge is -2.25. The lowest BCUT2D eigenvalue weighted by atomic mass is 10.1. The van der Waals surface area contributed by atoms with Crippen molar-refractivity contribution in [2.75, 3.05) is 20.2 Å². The van der Waals surface area contributed by atoms with E-state index in [2.05, 4.69) is 5.32 Å². The Morgan fingerprint density at radius 3 is 2.73 bits per heavy atom. The maximum Gasteiger partial charge on any atom is 0.317 e. The van der Waals surface area contributed by atoms with E-state index in [0.29, 0.717) is 5.75 Å². The molecule has 2 amide bonds. The second-order valence-corrected chi connectivity index (χ2v) is 5.68. The Labute approximate surface area is 128 Å². The Balaban J connectivity index is 2.50. The van der Waals surface area contributed by atoms with Crippen molar-refractivity contribution < 1.29 is 23.4 Å². The topological polar surface area (TPSA) is 61.8 Å². The van der Waals surface area contributed by atoms with Gasteiger partial charge in [0.15, 0.2) is 0 Å². The van der Waals surface area contributed by atoms with Crippen molar-refractivity contribution >= 4 is 6.03 Å². The molecule has 1 rings (SSSR count). The summed E-state index contributed by atoms with van der Waals surface area (Å²) >= 11 is 0. The highest BCUT2D eigenvalue weighted by atomic mass is 19.3. The summed E-state index contributed by atoms with van der Waals surface area (Å²) in [7, 11) is 1.58. The molecule has 0 bridgehead atoms. The van der Waals surface area contributed by atoms with Gasteiger partial charge in [-0.15, -0.1) is 0 Å². The van der Waals surface area contributed by atoms with Crippen molar-refractivity contribution in [1.82, 2.24) is 10.2 Å². The van der Waals surface area contributed by atoms with Crippen LogP contribution in [-0.4, -0.2) is 48.3 Å². The highest BCUT2D eigenvalue weighted by Gasteiger charge is 2.19. The lowest BCUT2D eigenvalue weighted by molar-refractivity contribution is 0.0531. The molecule has 124 valence electrons. The van der Waals surface area contributed by atoms with Crippen LogP contribution < -0.4 is 10.1 Å². The molecule has 1 aromatic carbocycles. The fourth-order valence-electron chi connectivity index (χ4n) is 1.87. The van der Waals surface area contributed by atoms with E-state index in [1.807, 2.05) is 0 Å². The van der Waals surface area contributed by atoms with Crippen LogP contribution in [-0.2, 0) is 6.54 Å². The summed E-state index contributed by atoms with van der Waals surface area (Å²) in [4.78, 5) is 13.2. The summed E-state index contributed by atoms with van der Waals surface area (Å²) < 4.78 is 29.1. The molecule has 0 unspecified atom stereocenters. The van der Waals surface area contributed by atoms with Crippen molar-refractivity contribution in [1.29, 1.82) is 0 Å². The summed E-state index contributed by atoms with van der Waals surface area (Å²) in [5.41, 5.74) is -0.244. The summed E-state index contributed by atoms with van der Waals surface area (Å²) in [6, 6.07) is 6.27. The van der Waals surface area contributed by atoms with Gasteiger partial charge < -0.3 is 20.1 Å². The standard InChI is InChI=1S/C15H22F2N2O3/c1-15(2,21)10-19(3)14(20)18-8-11-5-4-6-12(7-11)22-9-13(16)17/h4-7,13,21H,8-10H2,1-3H3,(H,18,20). The maximum atomic E-state index is 12.1. The molecular formula is C15H22F2N2O3. The van der Waals surface area contributed by atoms with Gasteiger partial charge in [-0.25, -0.2) is 13.6 Å². The van der Waals surface area contributed by atoms with E-state index in [4.69, 9.17) is 4.74 Å². The molecule has 0 aromatic heterocycles. The Morgan fingerprint density at radius 1 is 1.45 bits per heavy atom. The van der Waals surface area contributed by atoms with Crippen molar-refractivity contribution in [2.45, 2.75) is 32.4 Å². The quantitative estimate of drug-likeness (QED) is 0.811. The number of ether oxygens (including phenoxy) is 1. The fourth-order valence-corrected chi connectivity index (χ4v) is 1.87. The van der Waals surface area contributed by atoms with Crippen LogP contribution in [0.4, 0.5) is 13.6 Å². The van der Waals surface area contributed by atoms with Crippen LogP contribution in [0.2, 0.25) is 0 Å². The molecule has 0 fully saturated rings. The predicted molar refractivity (Wildman–Crippen MR) is 79.1 cm³/mol. The van der Waals surface area contributed by atoms with Crippen LogP contribution in [0.3, 0.4) is 0 Å². The first kappa shape index (κ1) is 18.2. The number of nitrogens with one attached hydrogen (secondary N) is 1. The molecule has 0 heterocycles. The maximum absolute atomic E-state index is 12.1. The molecule has 0 spiro atoms. The number of nitrogens with zero attached hydrogens (tertiary/aromatic N) is 1. The van der Waals surface area contributed by atoms with Crippen molar-refractivity contribution in [2.24, 2.45) is 0 Å². The molecule has 0 saturated heterocycles. The van der Waals surface area contributed by atoms with Gasteiger partial charge in [0.25, 0.3) is 6.43 Å². The summed E-state index contributed by atoms with van der Waals surface area (Å²) in [6.07, 6.45) is -2.53. The smallest absolute Gasteiger partial charge is 0.317 e. The molecule has 0 atom stereocenters. The van der Waals surface area contributed by atoms with Gasteiger partial charge in [-0.1, -0.05) is 12.1 Å². The number of hydrogen-bond donors (Lipinski definition) is 2. The van der Waals surface area contributed by atoms with Crippen LogP contribution in [0.25, 0.3) is 0 Å². The molecule has 1 aromatic rings. The van der Waals surface area contributed by atoms with Gasteiger partial charge in [0, 0.05) is 13.6 Å². The molecule has 0 radical (unpaired) electrons. The third kappa shape index (κ3) is 7.21. The summed E-state index contributed by atoms with van der Waals surface area (Å²) in [6.45, 7) is 2.99. The van der Waals surface area contributed by atoms with E-state index in [-0.39, 0.29) is 19.1 Å². The van der Waals surface area contributed by atoms with Gasteiger partial charge >= 0.3 is 6.03 Å². The minimum Gasteiger partial charge on any atom is -0.488 e. The fraction of sp³-hybridized carbons (Fsp3) is 0.533. The number of carbonyl (C=O) groups excluding carboxylic acids is 1. The van der Waals surface area contributed by atoms with E-state index in [1.165, 1.54) is 4.90 Å². The van der Waals surface area contributed by atoms with E-state index < -0.39 is 18.6 Å². The monoisotopic (exact) mass is 316 g/mol. The second-order valence-electron chi connectivity index (χ2n) is 5.68. The Bertz CT molecular complexity index is 490. The van der Waals surface area contributed by atoms with Crippen LogP contribution in [0.5, 0.6) is 5.75 Å². The van der Waals surface area contributed by atoms with Gasteiger partial charge in [0.1, 0.15) is 12.4 Å². The number of urea groups is 1. The van der Waals surface area contributed by atoms with Gasteiger partial charge in [0.2, 0.25) is 0 Å². The van der Waals surface area contributed by atoms with Gasteiger partial charge in [-0.05, 0) is 31.5 Å². The number of halogens is 2. The van der Waals surface area contributed by atoms with Crippen LogP contribution in [0.15, 0.2) is 24.3 Å². The van der Waals surface area contributed by atoms with Crippen LogP contribution in [0.1, 0.15) is 19.4 Å². The van der Waals surface area contributed by atoms with Crippen LogP contribution in [0, 0.1) is 0 Å².